The quantitative estimate of drug-likeness (QED) is 0.867. The summed E-state index contributed by atoms with van der Waals surface area (Å²) in [5.74, 6) is 0.942. The van der Waals surface area contributed by atoms with E-state index in [2.05, 4.69) is 34.2 Å². The maximum Gasteiger partial charge on any atom is 0.138 e. The number of nitrogens with one attached hydrogen (secondary N) is 1. The zero-order valence-corrected chi connectivity index (χ0v) is 13.0. The molecule has 0 spiro atoms. The molecule has 0 saturated carbocycles. The minimum absolute atomic E-state index is 0.243. The third-order valence-corrected chi connectivity index (χ3v) is 3.93. The fraction of sp³-hybridized carbons (Fsp3) is 0.600. The predicted molar refractivity (Wildman–Crippen MR) is 80.6 cm³/mol. The molecule has 1 aliphatic heterocycles. The molecule has 1 atom stereocenters. The highest BCUT2D eigenvalue weighted by atomic mass is 79.9. The molecule has 0 bridgehead atoms. The van der Waals surface area contributed by atoms with E-state index in [0.29, 0.717) is 6.61 Å². The van der Waals surface area contributed by atoms with E-state index in [0.717, 1.165) is 36.3 Å². The lowest BCUT2D eigenvalue weighted by Crippen LogP contribution is -2.26. The van der Waals surface area contributed by atoms with Gasteiger partial charge < -0.3 is 14.8 Å². The van der Waals surface area contributed by atoms with Gasteiger partial charge in [-0.05, 0) is 47.8 Å². The first-order chi connectivity index (χ1) is 9.31. The second kappa shape index (κ2) is 7.88. The van der Waals surface area contributed by atoms with Crippen LogP contribution in [0, 0.1) is 0 Å². The molecule has 3 nitrogen and oxygen atoms in total. The normalized spacial score (nSPS) is 19.4. The smallest absolute Gasteiger partial charge is 0.138 e. The van der Waals surface area contributed by atoms with E-state index in [4.69, 9.17) is 9.47 Å². The summed E-state index contributed by atoms with van der Waals surface area (Å²) in [5.41, 5.74) is 1.19. The van der Waals surface area contributed by atoms with E-state index in [1.165, 1.54) is 18.4 Å². The van der Waals surface area contributed by atoms with Crippen molar-refractivity contribution in [3.63, 3.8) is 0 Å². The minimum Gasteiger partial charge on any atom is -0.489 e. The zero-order chi connectivity index (χ0) is 13.5. The van der Waals surface area contributed by atoms with Crippen LogP contribution in [0.2, 0.25) is 0 Å². The summed E-state index contributed by atoms with van der Waals surface area (Å²) in [4.78, 5) is 0. The maximum absolute atomic E-state index is 5.99. The van der Waals surface area contributed by atoms with Crippen molar-refractivity contribution in [3.05, 3.63) is 28.2 Å². The van der Waals surface area contributed by atoms with E-state index in [1.807, 2.05) is 12.1 Å². The Morgan fingerprint density at radius 2 is 2.32 bits per heavy atom. The Kier molecular flexibility index (Phi) is 6.14. The molecule has 1 N–H and O–H groups in total. The van der Waals surface area contributed by atoms with Crippen LogP contribution >= 0.6 is 15.9 Å². The molecular weight excluding hydrogens is 306 g/mol. The van der Waals surface area contributed by atoms with Gasteiger partial charge in [0.25, 0.3) is 0 Å². The van der Waals surface area contributed by atoms with Gasteiger partial charge in [0.2, 0.25) is 0 Å². The summed E-state index contributed by atoms with van der Waals surface area (Å²) in [7, 11) is 0. The standard InChI is InChI=1S/C15H22BrNO2/c1-2-17-10-12-6-5-8-14(16)15(12)19-11-13-7-3-4-9-18-13/h5-6,8,13,17H,2-4,7,9-11H2,1H3. The second-order valence-electron chi connectivity index (χ2n) is 4.81. The van der Waals surface area contributed by atoms with Crippen LogP contribution in [0.1, 0.15) is 31.7 Å². The number of benzene rings is 1. The third-order valence-electron chi connectivity index (χ3n) is 3.30. The Hall–Kier alpha value is -0.580. The predicted octanol–water partition coefficient (Wildman–Crippen LogP) is 3.51. The van der Waals surface area contributed by atoms with Crippen molar-refractivity contribution in [1.29, 1.82) is 0 Å². The molecule has 106 valence electrons. The largest absolute Gasteiger partial charge is 0.489 e. The van der Waals surface area contributed by atoms with Crippen LogP contribution in [0.15, 0.2) is 22.7 Å². The molecule has 1 saturated heterocycles. The van der Waals surface area contributed by atoms with Gasteiger partial charge >= 0.3 is 0 Å². The molecule has 1 aliphatic rings. The van der Waals surface area contributed by atoms with Gasteiger partial charge in [-0.1, -0.05) is 19.1 Å². The number of hydrogen-bond acceptors (Lipinski definition) is 3. The summed E-state index contributed by atoms with van der Waals surface area (Å²) >= 11 is 3.57. The van der Waals surface area contributed by atoms with E-state index in [9.17, 15) is 0 Å². The van der Waals surface area contributed by atoms with Crippen molar-refractivity contribution >= 4 is 15.9 Å². The Labute approximate surface area is 123 Å². The van der Waals surface area contributed by atoms with Crippen LogP contribution in [0.25, 0.3) is 0 Å². The van der Waals surface area contributed by atoms with Crippen LogP contribution in [0.5, 0.6) is 5.75 Å². The molecule has 1 fully saturated rings. The van der Waals surface area contributed by atoms with Crippen molar-refractivity contribution in [3.8, 4) is 5.75 Å². The van der Waals surface area contributed by atoms with Crippen LogP contribution < -0.4 is 10.1 Å². The maximum atomic E-state index is 5.99. The highest BCUT2D eigenvalue weighted by Crippen LogP contribution is 2.29. The molecule has 19 heavy (non-hydrogen) atoms. The highest BCUT2D eigenvalue weighted by molar-refractivity contribution is 9.10. The van der Waals surface area contributed by atoms with Gasteiger partial charge in [0.15, 0.2) is 0 Å². The van der Waals surface area contributed by atoms with Crippen molar-refractivity contribution < 1.29 is 9.47 Å². The number of hydrogen-bond donors (Lipinski definition) is 1. The number of rotatable bonds is 6. The van der Waals surface area contributed by atoms with Crippen LogP contribution in [-0.4, -0.2) is 25.9 Å². The molecule has 0 amide bonds. The summed E-state index contributed by atoms with van der Waals surface area (Å²) in [6.07, 6.45) is 3.77. The van der Waals surface area contributed by atoms with E-state index >= 15 is 0 Å². The molecule has 0 aromatic heterocycles. The van der Waals surface area contributed by atoms with Crippen LogP contribution in [-0.2, 0) is 11.3 Å². The van der Waals surface area contributed by atoms with Crippen molar-refractivity contribution in [2.75, 3.05) is 19.8 Å². The Bertz CT molecular complexity index is 392. The summed E-state index contributed by atoms with van der Waals surface area (Å²) in [5, 5.41) is 3.34. The van der Waals surface area contributed by atoms with E-state index in [1.54, 1.807) is 0 Å². The molecule has 1 aromatic rings. The van der Waals surface area contributed by atoms with Gasteiger partial charge in [-0.2, -0.15) is 0 Å². The molecule has 0 aliphatic carbocycles. The van der Waals surface area contributed by atoms with Crippen LogP contribution in [0.3, 0.4) is 0 Å². The first kappa shape index (κ1) is 14.8. The number of para-hydroxylation sites is 1. The molecule has 1 heterocycles. The monoisotopic (exact) mass is 327 g/mol. The van der Waals surface area contributed by atoms with Crippen LogP contribution in [0.4, 0.5) is 0 Å². The lowest BCUT2D eigenvalue weighted by Gasteiger charge is -2.23. The van der Waals surface area contributed by atoms with E-state index < -0.39 is 0 Å². The first-order valence-electron chi connectivity index (χ1n) is 7.03. The Balaban J connectivity index is 1.96. The molecular formula is C15H22BrNO2. The number of ether oxygens (including phenoxy) is 2. The van der Waals surface area contributed by atoms with Gasteiger partial charge in [0.05, 0.1) is 10.6 Å². The SMILES string of the molecule is CCNCc1cccc(Br)c1OCC1CCCCO1. The van der Waals surface area contributed by atoms with Crippen molar-refractivity contribution in [2.45, 2.75) is 38.8 Å². The minimum atomic E-state index is 0.243. The average molecular weight is 328 g/mol. The van der Waals surface area contributed by atoms with Gasteiger partial charge in [-0.3, -0.25) is 0 Å². The first-order valence-corrected chi connectivity index (χ1v) is 7.83. The Morgan fingerprint density at radius 1 is 1.42 bits per heavy atom. The summed E-state index contributed by atoms with van der Waals surface area (Å²) in [6, 6.07) is 6.16. The lowest BCUT2D eigenvalue weighted by atomic mass is 10.1. The fourth-order valence-electron chi connectivity index (χ4n) is 2.23. The molecule has 2 rings (SSSR count). The fourth-order valence-corrected chi connectivity index (χ4v) is 2.75. The Morgan fingerprint density at radius 3 is 3.05 bits per heavy atom. The van der Waals surface area contributed by atoms with Gasteiger partial charge in [0, 0.05) is 18.7 Å². The number of halogens is 1. The second-order valence-corrected chi connectivity index (χ2v) is 5.66. The van der Waals surface area contributed by atoms with Gasteiger partial charge in [-0.15, -0.1) is 0 Å². The lowest BCUT2D eigenvalue weighted by molar-refractivity contribution is -0.0114. The summed E-state index contributed by atoms with van der Waals surface area (Å²) < 4.78 is 12.7. The molecule has 4 heteroatoms. The van der Waals surface area contributed by atoms with Gasteiger partial charge in [0.1, 0.15) is 12.4 Å². The highest BCUT2D eigenvalue weighted by Gasteiger charge is 2.16. The topological polar surface area (TPSA) is 30.5 Å². The third kappa shape index (κ3) is 4.48. The molecule has 1 unspecified atom stereocenters. The zero-order valence-electron chi connectivity index (χ0n) is 11.5. The average Bonchev–Trinajstić information content (AvgIpc) is 2.45. The van der Waals surface area contributed by atoms with Crippen molar-refractivity contribution in [1.82, 2.24) is 5.32 Å². The van der Waals surface area contributed by atoms with Crippen molar-refractivity contribution in [2.24, 2.45) is 0 Å². The summed E-state index contributed by atoms with van der Waals surface area (Å²) in [6.45, 7) is 5.40. The van der Waals surface area contributed by atoms with E-state index in [-0.39, 0.29) is 6.10 Å². The van der Waals surface area contributed by atoms with Gasteiger partial charge in [-0.25, -0.2) is 0 Å². The molecule has 1 aromatic carbocycles. The molecule has 0 radical (unpaired) electrons.